The SMILES string of the molecule is CCC(C)CCCCCCCCCCCCCCCCC(=O)O[C@H](COC(=O)CCCCCCCCCC(C)C)COP(=O)(O)OCC(O)COP(=O)(O)OC[C@@H](COC(=O)CCCCCCCCCCCC(C)C)OC(=O)CCCCCCCCCCCCCC(C)C. The third kappa shape index (κ3) is 67.3. The van der Waals surface area contributed by atoms with Gasteiger partial charge in [-0.3, -0.25) is 37.3 Å². The molecule has 17 nitrogen and oxygen atoms in total. The molecular formula is C75H146O17P2. The van der Waals surface area contributed by atoms with Crippen molar-refractivity contribution in [2.45, 2.75) is 395 Å². The highest BCUT2D eigenvalue weighted by atomic mass is 31.2. The van der Waals surface area contributed by atoms with Crippen molar-refractivity contribution in [3.8, 4) is 0 Å². The van der Waals surface area contributed by atoms with Crippen molar-refractivity contribution in [3.05, 3.63) is 0 Å². The molecule has 0 amide bonds. The second kappa shape index (κ2) is 64.4. The highest BCUT2D eigenvalue weighted by Gasteiger charge is 2.30. The van der Waals surface area contributed by atoms with Crippen LogP contribution in [0.1, 0.15) is 376 Å². The van der Waals surface area contributed by atoms with Gasteiger partial charge in [-0.2, -0.15) is 0 Å². The van der Waals surface area contributed by atoms with E-state index in [0.717, 1.165) is 114 Å². The average molecular weight is 1380 g/mol. The molecule has 3 N–H and O–H groups in total. The van der Waals surface area contributed by atoms with Gasteiger partial charge >= 0.3 is 39.5 Å². The van der Waals surface area contributed by atoms with E-state index in [2.05, 4.69) is 55.4 Å². The average Bonchev–Trinajstić information content (AvgIpc) is 1.19. The lowest BCUT2D eigenvalue weighted by Crippen LogP contribution is -2.30. The Morgan fingerprint density at radius 2 is 0.511 bits per heavy atom. The Kier molecular flexibility index (Phi) is 63.1. The number of aliphatic hydroxyl groups excluding tert-OH is 1. The predicted octanol–water partition coefficient (Wildman–Crippen LogP) is 21.7. The molecule has 94 heavy (non-hydrogen) atoms. The van der Waals surface area contributed by atoms with E-state index in [1.54, 1.807) is 0 Å². The number of hydrogen-bond acceptors (Lipinski definition) is 15. The Morgan fingerprint density at radius 3 is 0.755 bits per heavy atom. The lowest BCUT2D eigenvalue weighted by Gasteiger charge is -2.21. The van der Waals surface area contributed by atoms with Gasteiger partial charge in [-0.25, -0.2) is 9.13 Å². The molecule has 0 aliphatic rings. The first kappa shape index (κ1) is 92.1. The quantitative estimate of drug-likeness (QED) is 0.0222. The summed E-state index contributed by atoms with van der Waals surface area (Å²) in [6.45, 7) is 14.2. The van der Waals surface area contributed by atoms with Crippen LogP contribution in [0, 0.1) is 23.7 Å². The number of phosphoric acid groups is 2. The first-order valence-corrected chi connectivity index (χ1v) is 41.7. The molecule has 558 valence electrons. The van der Waals surface area contributed by atoms with Crippen LogP contribution in [0.2, 0.25) is 0 Å². The minimum absolute atomic E-state index is 0.106. The molecule has 0 aromatic heterocycles. The van der Waals surface area contributed by atoms with E-state index in [0.29, 0.717) is 31.6 Å². The van der Waals surface area contributed by atoms with Crippen LogP contribution < -0.4 is 0 Å². The van der Waals surface area contributed by atoms with Crippen molar-refractivity contribution in [3.63, 3.8) is 0 Å². The van der Waals surface area contributed by atoms with Crippen LogP contribution in [0.3, 0.4) is 0 Å². The summed E-state index contributed by atoms with van der Waals surface area (Å²) in [5.74, 6) is 0.937. The fraction of sp³-hybridized carbons (Fsp3) is 0.947. The summed E-state index contributed by atoms with van der Waals surface area (Å²) in [5, 5.41) is 10.6. The maximum atomic E-state index is 13.1. The van der Waals surface area contributed by atoms with Crippen LogP contribution in [-0.2, 0) is 65.4 Å². The highest BCUT2D eigenvalue weighted by molar-refractivity contribution is 7.47. The summed E-state index contributed by atoms with van der Waals surface area (Å²) >= 11 is 0. The van der Waals surface area contributed by atoms with E-state index in [1.807, 2.05) is 0 Å². The molecule has 0 fully saturated rings. The van der Waals surface area contributed by atoms with Gasteiger partial charge in [-0.05, 0) is 49.4 Å². The lowest BCUT2D eigenvalue weighted by atomic mass is 9.99. The van der Waals surface area contributed by atoms with E-state index in [4.69, 9.17) is 37.0 Å². The van der Waals surface area contributed by atoms with E-state index >= 15 is 0 Å². The summed E-state index contributed by atoms with van der Waals surface area (Å²) in [4.78, 5) is 72.8. The molecule has 0 heterocycles. The molecule has 6 atom stereocenters. The standard InChI is InChI=1S/C75H146O17P2/c1-9-68(8)54-46-38-30-22-16-12-10-11-13-17-23-32-41-49-57-74(79)92-71(62-86-73(78)56-48-40-34-26-29-37-45-53-67(6)7)64-90-94(83,84)88-60-69(76)59-87-93(81,82)89-63-70(61-85-72(77)55-47-39-31-25-19-21-28-36-44-52-66(4)5)91-75(80)58-50-42-33-24-18-14-15-20-27-35-43-51-65(2)3/h65-71,76H,9-64H2,1-8H3,(H,81,82)(H,83,84)/t68?,69?,70-,71-/m1/s1. The number of hydrogen-bond donors (Lipinski definition) is 3. The second-order valence-corrected chi connectivity index (χ2v) is 31.6. The third-order valence-electron chi connectivity index (χ3n) is 17.7. The Hall–Kier alpha value is -1.94. The molecule has 4 unspecified atom stereocenters. The van der Waals surface area contributed by atoms with Crippen LogP contribution in [0.25, 0.3) is 0 Å². The Bertz CT molecular complexity index is 1850. The van der Waals surface area contributed by atoms with Gasteiger partial charge in [0.05, 0.1) is 26.4 Å². The minimum atomic E-state index is -4.96. The van der Waals surface area contributed by atoms with Gasteiger partial charge in [0, 0.05) is 25.7 Å². The number of rotatable bonds is 72. The van der Waals surface area contributed by atoms with Gasteiger partial charge in [0.25, 0.3) is 0 Å². The van der Waals surface area contributed by atoms with Crippen LogP contribution in [0.4, 0.5) is 0 Å². The molecule has 0 spiro atoms. The van der Waals surface area contributed by atoms with Gasteiger partial charge in [-0.15, -0.1) is 0 Å². The van der Waals surface area contributed by atoms with E-state index in [1.165, 1.54) is 173 Å². The van der Waals surface area contributed by atoms with Gasteiger partial charge in [-0.1, -0.05) is 325 Å². The molecule has 0 aromatic rings. The molecule has 0 aliphatic carbocycles. The Balaban J connectivity index is 5.24. The first-order valence-electron chi connectivity index (χ1n) is 38.7. The lowest BCUT2D eigenvalue weighted by molar-refractivity contribution is -0.161. The van der Waals surface area contributed by atoms with Crippen LogP contribution in [-0.4, -0.2) is 96.7 Å². The summed E-state index contributed by atoms with van der Waals surface area (Å²) in [7, 11) is -9.91. The van der Waals surface area contributed by atoms with Crippen molar-refractivity contribution in [2.75, 3.05) is 39.6 Å². The monoisotopic (exact) mass is 1380 g/mol. The molecular weight excluding hydrogens is 1230 g/mol. The normalized spacial score (nSPS) is 14.4. The third-order valence-corrected chi connectivity index (χ3v) is 19.6. The van der Waals surface area contributed by atoms with Gasteiger partial charge in [0.2, 0.25) is 0 Å². The van der Waals surface area contributed by atoms with Gasteiger partial charge < -0.3 is 33.8 Å². The zero-order valence-corrected chi connectivity index (χ0v) is 63.4. The van der Waals surface area contributed by atoms with Crippen LogP contribution >= 0.6 is 15.6 Å². The predicted molar refractivity (Wildman–Crippen MR) is 381 cm³/mol. The minimum Gasteiger partial charge on any atom is -0.462 e. The maximum absolute atomic E-state index is 13.1. The van der Waals surface area contributed by atoms with Crippen molar-refractivity contribution < 1.29 is 80.2 Å². The van der Waals surface area contributed by atoms with Crippen molar-refractivity contribution >= 4 is 39.5 Å². The molecule has 0 aromatic carbocycles. The van der Waals surface area contributed by atoms with E-state index in [9.17, 15) is 43.2 Å². The number of phosphoric ester groups is 2. The Morgan fingerprint density at radius 1 is 0.298 bits per heavy atom. The molecule has 0 rings (SSSR count). The zero-order chi connectivity index (χ0) is 69.6. The molecule has 0 saturated heterocycles. The molecule has 0 radical (unpaired) electrons. The van der Waals surface area contributed by atoms with E-state index in [-0.39, 0.29) is 25.7 Å². The Labute approximate surface area is 575 Å². The van der Waals surface area contributed by atoms with Crippen molar-refractivity contribution in [1.82, 2.24) is 0 Å². The second-order valence-electron chi connectivity index (χ2n) is 28.7. The number of carbonyl (C=O) groups is 4. The summed E-state index contributed by atoms with van der Waals surface area (Å²) in [6, 6.07) is 0. The number of unbranched alkanes of at least 4 members (excludes halogenated alkanes) is 37. The molecule has 19 heteroatoms. The fourth-order valence-corrected chi connectivity index (χ4v) is 12.9. The molecule has 0 aliphatic heterocycles. The van der Waals surface area contributed by atoms with E-state index < -0.39 is 97.5 Å². The number of ether oxygens (including phenoxy) is 4. The van der Waals surface area contributed by atoms with Crippen LogP contribution in [0.5, 0.6) is 0 Å². The largest absolute Gasteiger partial charge is 0.472 e. The molecule has 0 bridgehead atoms. The summed E-state index contributed by atoms with van der Waals surface area (Å²) < 4.78 is 68.5. The van der Waals surface area contributed by atoms with Gasteiger partial charge in [0.15, 0.2) is 12.2 Å². The smallest absolute Gasteiger partial charge is 0.462 e. The molecule has 0 saturated carbocycles. The van der Waals surface area contributed by atoms with Gasteiger partial charge in [0.1, 0.15) is 19.3 Å². The topological polar surface area (TPSA) is 237 Å². The maximum Gasteiger partial charge on any atom is 0.472 e. The van der Waals surface area contributed by atoms with Crippen LogP contribution in [0.15, 0.2) is 0 Å². The zero-order valence-electron chi connectivity index (χ0n) is 61.6. The van der Waals surface area contributed by atoms with Crippen molar-refractivity contribution in [2.24, 2.45) is 23.7 Å². The highest BCUT2D eigenvalue weighted by Crippen LogP contribution is 2.45. The van der Waals surface area contributed by atoms with Crippen molar-refractivity contribution in [1.29, 1.82) is 0 Å². The first-order chi connectivity index (χ1) is 45.1. The number of esters is 4. The number of carbonyl (C=O) groups excluding carboxylic acids is 4. The summed E-state index contributed by atoms with van der Waals surface area (Å²) in [6.07, 6.45) is 48.6. The fourth-order valence-electron chi connectivity index (χ4n) is 11.3. The summed E-state index contributed by atoms with van der Waals surface area (Å²) in [5.41, 5.74) is 0. The number of aliphatic hydroxyl groups is 1.